The van der Waals surface area contributed by atoms with Gasteiger partial charge in [-0.15, -0.1) is 0 Å². The summed E-state index contributed by atoms with van der Waals surface area (Å²) in [5.74, 6) is 2.52. The molecular weight excluding hydrogens is 272 g/mol. The third-order valence-corrected chi connectivity index (χ3v) is 5.57. The largest absolute Gasteiger partial charge is 0.493 e. The van der Waals surface area contributed by atoms with Crippen molar-refractivity contribution in [3.05, 3.63) is 29.8 Å². The molecule has 0 bridgehead atoms. The van der Waals surface area contributed by atoms with E-state index < -0.39 is 0 Å². The molecule has 2 saturated carbocycles. The quantitative estimate of drug-likeness (QED) is 0.733. The summed E-state index contributed by atoms with van der Waals surface area (Å²) in [5.41, 5.74) is 1.47. The molecule has 0 saturated heterocycles. The highest BCUT2D eigenvalue weighted by atomic mass is 16.5. The van der Waals surface area contributed by atoms with E-state index in [1.807, 2.05) is 7.11 Å². The van der Waals surface area contributed by atoms with Gasteiger partial charge >= 0.3 is 0 Å². The topological polar surface area (TPSA) is 18.5 Å². The molecule has 122 valence electrons. The lowest BCUT2D eigenvalue weighted by Crippen LogP contribution is -2.19. The Morgan fingerprint density at radius 2 is 1.55 bits per heavy atom. The van der Waals surface area contributed by atoms with E-state index in [2.05, 4.69) is 24.3 Å². The molecule has 0 unspecified atom stereocenters. The zero-order chi connectivity index (χ0) is 15.2. The second-order valence-electron chi connectivity index (χ2n) is 7.09. The van der Waals surface area contributed by atoms with E-state index in [4.69, 9.17) is 9.47 Å². The monoisotopic (exact) mass is 302 g/mol. The van der Waals surface area contributed by atoms with Gasteiger partial charge in [-0.1, -0.05) is 31.4 Å². The van der Waals surface area contributed by atoms with Crippen LogP contribution in [0.2, 0.25) is 0 Å². The molecule has 1 aromatic carbocycles. The van der Waals surface area contributed by atoms with Gasteiger partial charge < -0.3 is 9.47 Å². The molecule has 0 N–H and O–H groups in total. The Morgan fingerprint density at radius 1 is 0.864 bits per heavy atom. The van der Waals surface area contributed by atoms with E-state index in [0.29, 0.717) is 12.0 Å². The molecule has 2 aliphatic rings. The Bertz CT molecular complexity index is 426. The van der Waals surface area contributed by atoms with E-state index in [1.165, 1.54) is 63.4 Å². The Balaban J connectivity index is 1.47. The van der Waals surface area contributed by atoms with Crippen molar-refractivity contribution in [3.63, 3.8) is 0 Å². The minimum Gasteiger partial charge on any atom is -0.493 e. The maximum Gasteiger partial charge on any atom is 0.119 e. The second kappa shape index (κ2) is 8.01. The molecule has 0 aliphatic heterocycles. The molecule has 2 nitrogen and oxygen atoms in total. The van der Waals surface area contributed by atoms with Gasteiger partial charge in [0.05, 0.1) is 12.7 Å². The van der Waals surface area contributed by atoms with Crippen LogP contribution in [0.25, 0.3) is 0 Å². The number of hydrogen-bond donors (Lipinski definition) is 0. The second-order valence-corrected chi connectivity index (χ2v) is 7.09. The molecule has 2 aliphatic carbocycles. The van der Waals surface area contributed by atoms with Crippen LogP contribution in [0.5, 0.6) is 5.75 Å². The maximum atomic E-state index is 6.00. The first kappa shape index (κ1) is 15.9. The van der Waals surface area contributed by atoms with Crippen molar-refractivity contribution in [1.82, 2.24) is 0 Å². The highest BCUT2D eigenvalue weighted by Gasteiger charge is 2.22. The highest BCUT2D eigenvalue weighted by molar-refractivity contribution is 5.29. The number of ether oxygens (including phenoxy) is 2. The first-order chi connectivity index (χ1) is 10.8. The predicted molar refractivity (Wildman–Crippen MR) is 90.5 cm³/mol. The molecule has 0 heterocycles. The first-order valence-corrected chi connectivity index (χ1v) is 9.10. The predicted octanol–water partition coefficient (Wildman–Crippen LogP) is 5.32. The van der Waals surface area contributed by atoms with E-state index in [1.54, 1.807) is 0 Å². The van der Waals surface area contributed by atoms with Gasteiger partial charge in [-0.05, 0) is 68.1 Å². The number of hydrogen-bond acceptors (Lipinski definition) is 2. The van der Waals surface area contributed by atoms with Gasteiger partial charge in [0.1, 0.15) is 5.75 Å². The first-order valence-electron chi connectivity index (χ1n) is 9.10. The van der Waals surface area contributed by atoms with Gasteiger partial charge in [0.2, 0.25) is 0 Å². The fourth-order valence-corrected chi connectivity index (χ4v) is 4.04. The van der Waals surface area contributed by atoms with Crippen LogP contribution in [-0.4, -0.2) is 19.8 Å². The van der Waals surface area contributed by atoms with Crippen molar-refractivity contribution in [3.8, 4) is 5.75 Å². The average molecular weight is 302 g/mol. The van der Waals surface area contributed by atoms with E-state index in [0.717, 1.165) is 18.3 Å². The standard InChI is InChI=1S/C20H30O2/c1-21-19-11-7-17(8-12-19)18-9-13-20(14-10-18)22-15-16-5-3-2-4-6-16/h9-10,13-14,16-17,19H,2-8,11-12,15H2,1H3. The molecular formula is C20H30O2. The van der Waals surface area contributed by atoms with Crippen LogP contribution < -0.4 is 4.74 Å². The molecule has 0 aromatic heterocycles. The number of benzene rings is 1. The van der Waals surface area contributed by atoms with Crippen molar-refractivity contribution in [2.45, 2.75) is 69.8 Å². The van der Waals surface area contributed by atoms with Gasteiger partial charge in [0, 0.05) is 7.11 Å². The van der Waals surface area contributed by atoms with Gasteiger partial charge in [0.15, 0.2) is 0 Å². The number of rotatable bonds is 5. The third kappa shape index (κ3) is 4.25. The molecule has 1 aromatic rings. The van der Waals surface area contributed by atoms with Crippen LogP contribution in [-0.2, 0) is 4.74 Å². The van der Waals surface area contributed by atoms with Crippen LogP contribution in [0.4, 0.5) is 0 Å². The van der Waals surface area contributed by atoms with Crippen molar-refractivity contribution in [1.29, 1.82) is 0 Å². The summed E-state index contributed by atoms with van der Waals surface area (Å²) in [4.78, 5) is 0. The van der Waals surface area contributed by atoms with Crippen LogP contribution in [0.1, 0.15) is 69.3 Å². The van der Waals surface area contributed by atoms with Crippen LogP contribution in [0.3, 0.4) is 0 Å². The lowest BCUT2D eigenvalue weighted by Gasteiger charge is -2.28. The molecule has 0 radical (unpaired) electrons. The van der Waals surface area contributed by atoms with Crippen LogP contribution in [0.15, 0.2) is 24.3 Å². The Labute approximate surface area is 135 Å². The molecule has 3 rings (SSSR count). The van der Waals surface area contributed by atoms with Crippen LogP contribution in [0, 0.1) is 5.92 Å². The van der Waals surface area contributed by atoms with Crippen molar-refractivity contribution in [2.24, 2.45) is 5.92 Å². The van der Waals surface area contributed by atoms with E-state index in [-0.39, 0.29) is 0 Å². The van der Waals surface area contributed by atoms with Crippen molar-refractivity contribution < 1.29 is 9.47 Å². The Hall–Kier alpha value is -1.02. The Kier molecular flexibility index (Phi) is 5.77. The molecule has 0 atom stereocenters. The smallest absolute Gasteiger partial charge is 0.119 e. The van der Waals surface area contributed by atoms with Gasteiger partial charge in [-0.3, -0.25) is 0 Å². The summed E-state index contributed by atoms with van der Waals surface area (Å²) in [6.07, 6.45) is 12.3. The van der Waals surface area contributed by atoms with E-state index in [9.17, 15) is 0 Å². The highest BCUT2D eigenvalue weighted by Crippen LogP contribution is 2.34. The lowest BCUT2D eigenvalue weighted by atomic mass is 9.83. The molecule has 22 heavy (non-hydrogen) atoms. The fourth-order valence-electron chi connectivity index (χ4n) is 4.04. The SMILES string of the molecule is COC1CCC(c2ccc(OCC3CCCCC3)cc2)CC1. The summed E-state index contributed by atoms with van der Waals surface area (Å²) in [7, 11) is 1.84. The molecule has 2 fully saturated rings. The average Bonchev–Trinajstić information content (AvgIpc) is 2.61. The minimum absolute atomic E-state index is 0.481. The lowest BCUT2D eigenvalue weighted by molar-refractivity contribution is 0.0658. The summed E-state index contributed by atoms with van der Waals surface area (Å²) >= 11 is 0. The zero-order valence-corrected chi connectivity index (χ0v) is 13.9. The van der Waals surface area contributed by atoms with Crippen LogP contribution >= 0.6 is 0 Å². The Morgan fingerprint density at radius 3 is 2.18 bits per heavy atom. The minimum atomic E-state index is 0.481. The molecule has 2 heteroatoms. The van der Waals surface area contributed by atoms with Gasteiger partial charge in [-0.25, -0.2) is 0 Å². The summed E-state index contributed by atoms with van der Waals surface area (Å²) in [6.45, 7) is 0.901. The van der Waals surface area contributed by atoms with E-state index >= 15 is 0 Å². The van der Waals surface area contributed by atoms with Crippen molar-refractivity contribution >= 4 is 0 Å². The zero-order valence-electron chi connectivity index (χ0n) is 13.9. The summed E-state index contributed by atoms with van der Waals surface area (Å²) in [5, 5.41) is 0. The van der Waals surface area contributed by atoms with Gasteiger partial charge in [0.25, 0.3) is 0 Å². The van der Waals surface area contributed by atoms with Gasteiger partial charge in [-0.2, -0.15) is 0 Å². The third-order valence-electron chi connectivity index (χ3n) is 5.57. The molecule has 0 amide bonds. The number of methoxy groups -OCH3 is 1. The summed E-state index contributed by atoms with van der Waals surface area (Å²) < 4.78 is 11.5. The van der Waals surface area contributed by atoms with Crippen molar-refractivity contribution in [2.75, 3.05) is 13.7 Å². The maximum absolute atomic E-state index is 6.00. The summed E-state index contributed by atoms with van der Waals surface area (Å²) in [6, 6.07) is 8.88. The molecule has 0 spiro atoms. The fraction of sp³-hybridized carbons (Fsp3) is 0.700. The normalized spacial score (nSPS) is 26.8.